The molecule has 0 aliphatic carbocycles. The maximum Gasteiger partial charge on any atom is 0.416 e. The zero-order chi connectivity index (χ0) is 33.3. The van der Waals surface area contributed by atoms with Crippen molar-refractivity contribution in [2.24, 2.45) is 4.99 Å². The highest BCUT2D eigenvalue weighted by molar-refractivity contribution is 8.15. The summed E-state index contributed by atoms with van der Waals surface area (Å²) in [5.74, 6) is -1.31. The summed E-state index contributed by atoms with van der Waals surface area (Å²) < 4.78 is 68.4. The molecular weight excluding hydrogens is 639 g/mol. The highest BCUT2D eigenvalue weighted by atomic mass is 32.2. The van der Waals surface area contributed by atoms with Crippen LogP contribution in [0.5, 0.6) is 0 Å². The molecule has 14 heteroatoms. The number of nitrogens with zero attached hydrogens (tertiary/aromatic N) is 5. The Bertz CT molecular complexity index is 2010. The van der Waals surface area contributed by atoms with Crippen molar-refractivity contribution in [2.45, 2.75) is 19.5 Å². The number of rotatable bonds is 6. The maximum absolute atomic E-state index is 15.1. The number of aromatic nitrogens is 3. The molecule has 0 unspecified atom stereocenters. The van der Waals surface area contributed by atoms with Gasteiger partial charge in [-0.2, -0.15) is 18.2 Å². The first-order chi connectivity index (χ1) is 22.4. The summed E-state index contributed by atoms with van der Waals surface area (Å²) in [5, 5.41) is 6.74. The first-order valence-electron chi connectivity index (χ1n) is 14.0. The Morgan fingerprint density at radius 2 is 1.72 bits per heavy atom. The van der Waals surface area contributed by atoms with Crippen LogP contribution < -0.4 is 10.2 Å². The van der Waals surface area contributed by atoms with Gasteiger partial charge >= 0.3 is 12.2 Å². The Morgan fingerprint density at radius 1 is 0.979 bits per heavy atom. The Morgan fingerprint density at radius 3 is 2.43 bits per heavy atom. The molecule has 47 heavy (non-hydrogen) atoms. The number of aliphatic imine (C=N–C) groups is 1. The van der Waals surface area contributed by atoms with Gasteiger partial charge in [0.25, 0.3) is 0 Å². The van der Waals surface area contributed by atoms with E-state index in [1.165, 1.54) is 52.3 Å². The van der Waals surface area contributed by atoms with Gasteiger partial charge < -0.3 is 5.32 Å². The molecule has 1 aromatic heterocycles. The molecule has 0 bridgehead atoms. The number of thioether (sulfide) groups is 1. The van der Waals surface area contributed by atoms with E-state index in [9.17, 15) is 27.2 Å². The van der Waals surface area contributed by atoms with Gasteiger partial charge in [0, 0.05) is 5.56 Å². The Hall–Kier alpha value is -5.37. The predicted molar refractivity (Wildman–Crippen MR) is 169 cm³/mol. The van der Waals surface area contributed by atoms with Gasteiger partial charge in [0.05, 0.1) is 28.4 Å². The molecule has 1 N–H and O–H groups in total. The van der Waals surface area contributed by atoms with Gasteiger partial charge in [-0.1, -0.05) is 36.0 Å². The van der Waals surface area contributed by atoms with E-state index in [-0.39, 0.29) is 39.7 Å². The van der Waals surface area contributed by atoms with Crippen molar-refractivity contribution >= 4 is 40.2 Å². The molecule has 1 aliphatic heterocycles. The highest BCUT2D eigenvalue weighted by Gasteiger charge is 2.32. The van der Waals surface area contributed by atoms with E-state index < -0.39 is 23.6 Å². The molecule has 8 nitrogen and oxygen atoms in total. The summed E-state index contributed by atoms with van der Waals surface area (Å²) in [5.41, 5.74) is 2.60. The molecule has 6 rings (SSSR count). The van der Waals surface area contributed by atoms with E-state index >= 15 is 4.39 Å². The SMILES string of the molecule is Cc1ccc(Cc2ccc(F)cc2)c(N2C(=O)CS/C2=N\C(=O)Nc2ccc(-c3ncn(-c4ccc(C(F)(F)F)cc4)n3)cc2F)c1. The first kappa shape index (κ1) is 31.6. The highest BCUT2D eigenvalue weighted by Crippen LogP contribution is 2.33. The fourth-order valence-electron chi connectivity index (χ4n) is 4.84. The average Bonchev–Trinajstić information content (AvgIpc) is 3.67. The lowest BCUT2D eigenvalue weighted by atomic mass is 10.0. The number of hydrogen-bond donors (Lipinski definition) is 1. The number of alkyl halides is 3. The van der Waals surface area contributed by atoms with Crippen molar-refractivity contribution in [3.05, 3.63) is 125 Å². The van der Waals surface area contributed by atoms with Crippen molar-refractivity contribution in [1.29, 1.82) is 0 Å². The number of anilines is 2. The number of hydrogen-bond acceptors (Lipinski definition) is 5. The molecule has 1 fully saturated rings. The second-order valence-corrected chi connectivity index (χ2v) is 11.5. The first-order valence-corrected chi connectivity index (χ1v) is 15.0. The van der Waals surface area contributed by atoms with Gasteiger partial charge in [0.15, 0.2) is 11.0 Å². The zero-order valence-electron chi connectivity index (χ0n) is 24.4. The quantitative estimate of drug-likeness (QED) is 0.188. The van der Waals surface area contributed by atoms with Crippen molar-refractivity contribution in [2.75, 3.05) is 16.0 Å². The standard InChI is InChI=1S/C33H23F5N6O2S/c1-19-2-5-21(15-20-3-9-24(34)10-4-20)28(14-19)44-29(45)17-47-32(44)41-31(46)40-27-13-6-22(16-26(27)35)30-39-18-43(42-30)25-11-7-23(8-12-25)33(36,37)38/h2-14,16,18H,15,17H2,1H3,(H,40,46)/b41-32-. The summed E-state index contributed by atoms with van der Waals surface area (Å²) in [7, 11) is 0. The third-order valence-electron chi connectivity index (χ3n) is 7.17. The molecule has 0 radical (unpaired) electrons. The average molecular weight is 663 g/mol. The van der Waals surface area contributed by atoms with Crippen molar-refractivity contribution in [3.8, 4) is 17.1 Å². The summed E-state index contributed by atoms with van der Waals surface area (Å²) in [6.45, 7) is 1.86. The Balaban J connectivity index is 1.19. The van der Waals surface area contributed by atoms with E-state index in [0.29, 0.717) is 17.8 Å². The van der Waals surface area contributed by atoms with Crippen LogP contribution in [0.25, 0.3) is 17.1 Å². The molecule has 5 aromatic rings. The van der Waals surface area contributed by atoms with Crippen LogP contribution in [0.2, 0.25) is 0 Å². The normalized spacial score (nSPS) is 14.2. The largest absolute Gasteiger partial charge is 0.416 e. The van der Waals surface area contributed by atoms with Crippen LogP contribution >= 0.6 is 11.8 Å². The minimum absolute atomic E-state index is 0.0468. The van der Waals surface area contributed by atoms with Gasteiger partial charge in [-0.05, 0) is 90.7 Å². The zero-order valence-corrected chi connectivity index (χ0v) is 25.2. The molecule has 0 atom stereocenters. The van der Waals surface area contributed by atoms with E-state index in [0.717, 1.165) is 46.7 Å². The minimum Gasteiger partial charge on any atom is -0.303 e. The smallest absolute Gasteiger partial charge is 0.303 e. The second-order valence-electron chi connectivity index (χ2n) is 10.5. The molecule has 4 aromatic carbocycles. The molecular formula is C33H23F5N6O2S. The van der Waals surface area contributed by atoms with Crippen LogP contribution in [-0.4, -0.2) is 37.6 Å². The topological polar surface area (TPSA) is 92.5 Å². The summed E-state index contributed by atoms with van der Waals surface area (Å²) >= 11 is 1.07. The number of carbonyl (C=O) groups excluding carboxylic acids is 2. The second kappa shape index (κ2) is 12.8. The van der Waals surface area contributed by atoms with E-state index in [2.05, 4.69) is 20.4 Å². The molecule has 1 saturated heterocycles. The number of benzene rings is 4. The van der Waals surface area contributed by atoms with Gasteiger partial charge in [0.2, 0.25) is 5.91 Å². The molecule has 238 valence electrons. The lowest BCUT2D eigenvalue weighted by Gasteiger charge is -2.20. The third kappa shape index (κ3) is 7.07. The third-order valence-corrected chi connectivity index (χ3v) is 8.10. The number of nitrogens with one attached hydrogen (secondary N) is 1. The summed E-state index contributed by atoms with van der Waals surface area (Å²) in [6, 6.07) is 18.9. The molecule has 0 saturated carbocycles. The van der Waals surface area contributed by atoms with Crippen LogP contribution in [0, 0.1) is 18.6 Å². The number of urea groups is 1. The van der Waals surface area contributed by atoms with Gasteiger partial charge in [0.1, 0.15) is 18.0 Å². The van der Waals surface area contributed by atoms with Crippen molar-refractivity contribution in [1.82, 2.24) is 14.8 Å². The lowest BCUT2D eigenvalue weighted by Crippen LogP contribution is -2.31. The molecule has 3 amide bonds. The van der Waals surface area contributed by atoms with Crippen LogP contribution in [0.3, 0.4) is 0 Å². The number of halogens is 5. The number of aryl methyl sites for hydroxylation is 1. The van der Waals surface area contributed by atoms with Crippen LogP contribution in [0.1, 0.15) is 22.3 Å². The van der Waals surface area contributed by atoms with Gasteiger partial charge in [-0.3, -0.25) is 9.69 Å². The van der Waals surface area contributed by atoms with Crippen LogP contribution in [-0.2, 0) is 17.4 Å². The number of carbonyl (C=O) groups is 2. The number of amides is 3. The van der Waals surface area contributed by atoms with E-state index in [1.807, 2.05) is 19.1 Å². The van der Waals surface area contributed by atoms with Gasteiger partial charge in [-0.25, -0.2) is 23.2 Å². The Kier molecular flexibility index (Phi) is 8.60. The molecule has 2 heterocycles. The maximum atomic E-state index is 15.1. The van der Waals surface area contributed by atoms with Crippen LogP contribution in [0.15, 0.2) is 96.2 Å². The van der Waals surface area contributed by atoms with E-state index in [4.69, 9.17) is 0 Å². The van der Waals surface area contributed by atoms with E-state index in [1.54, 1.807) is 18.2 Å². The Labute approximate surface area is 269 Å². The van der Waals surface area contributed by atoms with Crippen molar-refractivity contribution < 1.29 is 31.5 Å². The van der Waals surface area contributed by atoms with Crippen LogP contribution in [0.4, 0.5) is 38.1 Å². The summed E-state index contributed by atoms with van der Waals surface area (Å²) in [4.78, 5) is 35.5. The fraction of sp³-hybridized carbons (Fsp3) is 0.121. The minimum atomic E-state index is -4.48. The summed E-state index contributed by atoms with van der Waals surface area (Å²) in [6.07, 6.45) is -2.79. The fourth-order valence-corrected chi connectivity index (χ4v) is 5.70. The lowest BCUT2D eigenvalue weighted by molar-refractivity contribution is -0.137. The van der Waals surface area contributed by atoms with Crippen molar-refractivity contribution in [3.63, 3.8) is 0 Å². The monoisotopic (exact) mass is 662 g/mol. The molecule has 0 spiro atoms. The number of amidine groups is 1. The predicted octanol–water partition coefficient (Wildman–Crippen LogP) is 7.80. The van der Waals surface area contributed by atoms with Gasteiger partial charge in [-0.15, -0.1) is 5.10 Å². The molecule has 1 aliphatic rings.